The molecule has 3 rings (SSSR count). The van der Waals surface area contributed by atoms with Crippen LogP contribution in [0.4, 0.5) is 0 Å². The minimum absolute atomic E-state index is 0.0349. The van der Waals surface area contributed by atoms with E-state index in [4.69, 9.17) is 14.2 Å². The molecule has 11 heteroatoms. The van der Waals surface area contributed by atoms with Gasteiger partial charge in [-0.25, -0.2) is 4.79 Å². The minimum atomic E-state index is -1.73. The number of rotatable bonds is 12. The molecule has 0 aliphatic carbocycles. The third-order valence-electron chi connectivity index (χ3n) is 6.02. The predicted molar refractivity (Wildman–Crippen MR) is 135 cm³/mol. The van der Waals surface area contributed by atoms with Crippen LogP contribution in [0.2, 0.25) is 0 Å². The first-order chi connectivity index (χ1) is 17.8. The quantitative estimate of drug-likeness (QED) is 0.241. The Kier molecular flexibility index (Phi) is 10.9. The lowest BCUT2D eigenvalue weighted by atomic mass is 9.89. The summed E-state index contributed by atoms with van der Waals surface area (Å²) in [6, 6.07) is 17.0. The number of esters is 1. The number of carbonyl (C=O) groups is 2. The van der Waals surface area contributed by atoms with Crippen LogP contribution in [0.25, 0.3) is 0 Å². The van der Waals surface area contributed by atoms with E-state index in [9.17, 15) is 30.0 Å². The largest absolute Gasteiger partial charge is 0.458 e. The SMILES string of the molecule is CS[C@]1(C(=O)OCc2ccccc2)C[C@H](O)[C@@H](NC(=O)COCc2ccccc2)[C@H]([C@H](O)[C@H](O)CO)O1. The highest BCUT2D eigenvalue weighted by Gasteiger charge is 2.55. The molecule has 6 atom stereocenters. The summed E-state index contributed by atoms with van der Waals surface area (Å²) in [6.45, 7) is -0.984. The molecule has 10 nitrogen and oxygen atoms in total. The van der Waals surface area contributed by atoms with E-state index in [-0.39, 0.29) is 26.2 Å². The number of hydrogen-bond acceptors (Lipinski definition) is 10. The van der Waals surface area contributed by atoms with E-state index < -0.39 is 53.9 Å². The third-order valence-corrected chi connectivity index (χ3v) is 7.11. The van der Waals surface area contributed by atoms with Crippen molar-refractivity contribution in [2.75, 3.05) is 19.5 Å². The number of ether oxygens (including phenoxy) is 3. The monoisotopic (exact) mass is 535 g/mol. The van der Waals surface area contributed by atoms with Gasteiger partial charge in [0.25, 0.3) is 0 Å². The van der Waals surface area contributed by atoms with Gasteiger partial charge >= 0.3 is 5.97 Å². The Bertz CT molecular complexity index is 996. The molecule has 0 saturated carbocycles. The second-order valence-electron chi connectivity index (χ2n) is 8.68. The molecule has 0 bridgehead atoms. The van der Waals surface area contributed by atoms with E-state index >= 15 is 0 Å². The van der Waals surface area contributed by atoms with Crippen LogP contribution in [0.1, 0.15) is 17.5 Å². The number of benzene rings is 2. The maximum absolute atomic E-state index is 13.1. The third kappa shape index (κ3) is 7.74. The second-order valence-corrected chi connectivity index (χ2v) is 9.75. The van der Waals surface area contributed by atoms with Gasteiger partial charge in [0.05, 0.1) is 25.4 Å². The molecule has 1 fully saturated rings. The Hall–Kier alpha value is -2.51. The Labute approximate surface area is 219 Å². The molecule has 1 saturated heterocycles. The number of thioether (sulfide) groups is 1. The zero-order chi connectivity index (χ0) is 26.8. The van der Waals surface area contributed by atoms with Crippen LogP contribution < -0.4 is 5.32 Å². The van der Waals surface area contributed by atoms with Crippen molar-refractivity contribution in [1.82, 2.24) is 5.32 Å². The van der Waals surface area contributed by atoms with Crippen molar-refractivity contribution in [3.05, 3.63) is 71.8 Å². The van der Waals surface area contributed by atoms with Crippen LogP contribution in [-0.2, 0) is 37.0 Å². The fraction of sp³-hybridized carbons (Fsp3) is 0.462. The van der Waals surface area contributed by atoms with Crippen molar-refractivity contribution in [1.29, 1.82) is 0 Å². The molecular formula is C26H33NO9S. The van der Waals surface area contributed by atoms with Gasteiger partial charge in [-0.15, -0.1) is 11.8 Å². The highest BCUT2D eigenvalue weighted by atomic mass is 32.2. The van der Waals surface area contributed by atoms with Crippen LogP contribution in [0.3, 0.4) is 0 Å². The van der Waals surface area contributed by atoms with Gasteiger partial charge < -0.3 is 40.0 Å². The lowest BCUT2D eigenvalue weighted by Crippen LogP contribution is -2.66. The molecular weight excluding hydrogens is 502 g/mol. The van der Waals surface area contributed by atoms with Crippen LogP contribution in [0.15, 0.2) is 60.7 Å². The predicted octanol–water partition coefficient (Wildman–Crippen LogP) is 0.355. The minimum Gasteiger partial charge on any atom is -0.458 e. The fourth-order valence-electron chi connectivity index (χ4n) is 3.99. The van der Waals surface area contributed by atoms with Gasteiger partial charge in [-0.3, -0.25) is 4.79 Å². The van der Waals surface area contributed by atoms with E-state index in [1.807, 2.05) is 36.4 Å². The summed E-state index contributed by atoms with van der Waals surface area (Å²) in [6.07, 6.45) is -4.85. The van der Waals surface area contributed by atoms with E-state index in [0.29, 0.717) is 0 Å². The van der Waals surface area contributed by atoms with Gasteiger partial charge in [0.1, 0.15) is 31.5 Å². The summed E-state index contributed by atoms with van der Waals surface area (Å²) in [5.41, 5.74) is 1.62. The molecule has 0 unspecified atom stereocenters. The summed E-state index contributed by atoms with van der Waals surface area (Å²) in [4.78, 5) is 24.0. The smallest absolute Gasteiger partial charge is 0.349 e. The van der Waals surface area contributed by atoms with Crippen molar-refractivity contribution < 1.29 is 44.2 Å². The van der Waals surface area contributed by atoms with Gasteiger partial charge in [0, 0.05) is 6.42 Å². The van der Waals surface area contributed by atoms with Crippen LogP contribution in [0.5, 0.6) is 0 Å². The van der Waals surface area contributed by atoms with E-state index in [1.165, 1.54) is 0 Å². The van der Waals surface area contributed by atoms with Crippen LogP contribution in [0, 0.1) is 0 Å². The Balaban J connectivity index is 1.70. The lowest BCUT2D eigenvalue weighted by Gasteiger charge is -2.46. The average Bonchev–Trinajstić information content (AvgIpc) is 2.93. The average molecular weight is 536 g/mol. The molecule has 0 radical (unpaired) electrons. The number of carbonyl (C=O) groups excluding carboxylic acids is 2. The van der Waals surface area contributed by atoms with Crippen LogP contribution >= 0.6 is 11.8 Å². The van der Waals surface area contributed by atoms with Crippen molar-refractivity contribution in [3.8, 4) is 0 Å². The summed E-state index contributed by atoms with van der Waals surface area (Å²) in [5, 5.41) is 43.7. The first-order valence-electron chi connectivity index (χ1n) is 11.8. The van der Waals surface area contributed by atoms with Crippen LogP contribution in [-0.4, -0.2) is 87.2 Å². The highest BCUT2D eigenvalue weighted by Crippen LogP contribution is 2.40. The first kappa shape index (κ1) is 29.1. The maximum atomic E-state index is 13.1. The zero-order valence-corrected chi connectivity index (χ0v) is 21.3. The van der Waals surface area contributed by atoms with Gasteiger partial charge in [-0.05, 0) is 17.4 Å². The Morgan fingerprint density at radius 3 is 2.24 bits per heavy atom. The molecule has 1 heterocycles. The number of nitrogens with one attached hydrogen (secondary N) is 1. The molecule has 2 aromatic rings. The molecule has 0 aromatic heterocycles. The van der Waals surface area contributed by atoms with Crippen molar-refractivity contribution in [2.45, 2.75) is 55.0 Å². The Morgan fingerprint density at radius 1 is 1.08 bits per heavy atom. The fourth-order valence-corrected chi connectivity index (χ4v) is 4.76. The number of aliphatic hydroxyl groups is 4. The molecule has 1 aliphatic heterocycles. The molecule has 5 N–H and O–H groups in total. The normalized spacial score (nSPS) is 25.2. The summed E-state index contributed by atoms with van der Waals surface area (Å²) in [5.74, 6) is -1.38. The van der Waals surface area contributed by atoms with Gasteiger partial charge in [-0.1, -0.05) is 60.7 Å². The van der Waals surface area contributed by atoms with Gasteiger partial charge in [0.15, 0.2) is 0 Å². The number of hydrogen-bond donors (Lipinski definition) is 5. The standard InChI is InChI=1S/C26H33NO9S/c1-37-26(25(33)35-15-18-10-6-3-7-11-18)12-19(29)22(24(36-26)23(32)20(30)13-28)27-21(31)16-34-14-17-8-4-2-5-9-17/h2-11,19-20,22-24,28-30,32H,12-16H2,1H3,(H,27,31)/t19-,20+,22+,23+,24+,26-/m0/s1. The maximum Gasteiger partial charge on any atom is 0.349 e. The van der Waals surface area contributed by atoms with E-state index in [1.54, 1.807) is 30.5 Å². The molecule has 1 amide bonds. The van der Waals surface area contributed by atoms with Crippen molar-refractivity contribution >= 4 is 23.6 Å². The molecule has 37 heavy (non-hydrogen) atoms. The van der Waals surface area contributed by atoms with E-state index in [0.717, 1.165) is 22.9 Å². The van der Waals surface area contributed by atoms with Crippen molar-refractivity contribution in [2.24, 2.45) is 0 Å². The molecule has 0 spiro atoms. The highest BCUT2D eigenvalue weighted by molar-refractivity contribution is 8.00. The topological polar surface area (TPSA) is 155 Å². The Morgan fingerprint density at radius 2 is 1.68 bits per heavy atom. The zero-order valence-electron chi connectivity index (χ0n) is 20.4. The summed E-state index contributed by atoms with van der Waals surface area (Å²) >= 11 is 0.964. The summed E-state index contributed by atoms with van der Waals surface area (Å²) in [7, 11) is 0. The van der Waals surface area contributed by atoms with Crippen molar-refractivity contribution in [3.63, 3.8) is 0 Å². The van der Waals surface area contributed by atoms with E-state index in [2.05, 4.69) is 5.32 Å². The van der Waals surface area contributed by atoms with Gasteiger partial charge in [-0.2, -0.15) is 0 Å². The van der Waals surface area contributed by atoms with Gasteiger partial charge in [0.2, 0.25) is 10.8 Å². The number of amides is 1. The second kappa shape index (κ2) is 13.9. The first-order valence-corrected chi connectivity index (χ1v) is 13.0. The molecule has 1 aliphatic rings. The summed E-state index contributed by atoms with van der Waals surface area (Å²) < 4.78 is 16.8. The molecule has 2 aromatic carbocycles. The lowest BCUT2D eigenvalue weighted by molar-refractivity contribution is -0.209. The number of aliphatic hydroxyl groups excluding tert-OH is 4. The molecule has 202 valence electrons.